The molecule has 1 aromatic carbocycles. The van der Waals surface area contributed by atoms with Crippen molar-refractivity contribution in [3.05, 3.63) is 63.9 Å². The molecule has 0 saturated carbocycles. The fraction of sp³-hybridized carbons (Fsp3) is 0.273. The van der Waals surface area contributed by atoms with Gasteiger partial charge in [-0.2, -0.15) is 0 Å². The summed E-state index contributed by atoms with van der Waals surface area (Å²) in [6.07, 6.45) is 4.10. The molecule has 0 aliphatic rings. The van der Waals surface area contributed by atoms with Crippen LogP contribution in [0.25, 0.3) is 0 Å². The Balaban J connectivity index is -0.000000566. The van der Waals surface area contributed by atoms with Gasteiger partial charge < -0.3 is 125 Å². The molecule has 2 aromatic rings. The third kappa shape index (κ3) is 27.3. The van der Waals surface area contributed by atoms with Crippen LogP contribution in [0, 0.1) is 0 Å². The largest absolute Gasteiger partial charge is 2.00 e. The smallest absolute Gasteiger partial charge is 0.412 e. The maximum atomic E-state index is 6.19. The number of hydrogen-bond donors (Lipinski definition) is 4. The van der Waals surface area contributed by atoms with Crippen molar-refractivity contribution in [3.63, 3.8) is 0 Å². The summed E-state index contributed by atoms with van der Waals surface area (Å²) in [6.45, 7) is 2.66. The van der Waals surface area contributed by atoms with E-state index in [1.165, 1.54) is 7.11 Å². The Kier molecular flexibility index (Phi) is 31.9. The van der Waals surface area contributed by atoms with Crippen molar-refractivity contribution in [1.29, 1.82) is 0 Å². The Hall–Kier alpha value is 0.00286. The minimum absolute atomic E-state index is 0. The number of benzene rings is 1. The van der Waals surface area contributed by atoms with Gasteiger partial charge in [0.15, 0.2) is 0 Å². The van der Waals surface area contributed by atoms with Gasteiger partial charge >= 0.3 is 36.5 Å². The van der Waals surface area contributed by atoms with Gasteiger partial charge in [-0.05, 0) is 23.8 Å². The van der Waals surface area contributed by atoms with Gasteiger partial charge in [0.25, 0.3) is 0 Å². The van der Waals surface area contributed by atoms with Crippen molar-refractivity contribution in [3.8, 4) is 0 Å². The summed E-state index contributed by atoms with van der Waals surface area (Å²) >= 11 is 48.8. The van der Waals surface area contributed by atoms with E-state index in [0.29, 0.717) is 59.9 Å². The van der Waals surface area contributed by atoms with Crippen LogP contribution in [0.2, 0.25) is 10.0 Å². The maximum Gasteiger partial charge on any atom is 2.00 e. The van der Waals surface area contributed by atoms with Gasteiger partial charge in [-0.1, -0.05) is 57.8 Å². The molecular formula is C22H24Cl2MnN6OS8Zn. The molecule has 0 bridgehead atoms. The molecule has 1 radical (unpaired) electrons. The van der Waals surface area contributed by atoms with E-state index < -0.39 is 0 Å². The first kappa shape index (κ1) is 45.4. The monoisotopic (exact) mass is 833 g/mol. The minimum Gasteiger partial charge on any atom is -0.412 e. The first-order valence-corrected chi connectivity index (χ1v) is 14.7. The molecule has 0 aliphatic heterocycles. The second-order valence-corrected chi connectivity index (χ2v) is 11.9. The number of halogens is 2. The van der Waals surface area contributed by atoms with Crippen LogP contribution in [0.3, 0.4) is 0 Å². The van der Waals surface area contributed by atoms with Crippen molar-refractivity contribution >= 4 is 146 Å². The fourth-order valence-corrected chi connectivity index (χ4v) is 3.70. The molecule has 1 aromatic heterocycles. The van der Waals surface area contributed by atoms with Crippen LogP contribution < -0.4 is 21.3 Å². The maximum absolute atomic E-state index is 6.19. The van der Waals surface area contributed by atoms with E-state index in [1.807, 2.05) is 18.2 Å². The normalized spacial score (nSPS) is 9.39. The summed E-state index contributed by atoms with van der Waals surface area (Å²) in [7, 11) is 1.51. The summed E-state index contributed by atoms with van der Waals surface area (Å²) in [4.78, 5) is 8.97. The first-order chi connectivity index (χ1) is 18.5. The van der Waals surface area contributed by atoms with Gasteiger partial charge in [-0.15, -0.1) is 0 Å². The van der Waals surface area contributed by atoms with Crippen LogP contribution >= 0.6 is 72.1 Å². The van der Waals surface area contributed by atoms with Gasteiger partial charge in [0.1, 0.15) is 7.11 Å². The molecule has 1 heterocycles. The van der Waals surface area contributed by atoms with Crippen LogP contribution in [0.15, 0.2) is 47.9 Å². The van der Waals surface area contributed by atoms with Gasteiger partial charge in [0, 0.05) is 55.6 Å². The Labute approximate surface area is 318 Å². The molecule has 41 heavy (non-hydrogen) atoms. The van der Waals surface area contributed by atoms with Crippen LogP contribution in [-0.4, -0.2) is 61.3 Å². The molecule has 0 amide bonds. The molecule has 4 N–H and O–H groups in total. The minimum atomic E-state index is 0. The number of rotatable bonds is 10. The van der Waals surface area contributed by atoms with E-state index in [1.54, 1.807) is 24.5 Å². The zero-order valence-corrected chi connectivity index (χ0v) is 33.7. The molecule has 219 valence electrons. The molecule has 0 saturated heterocycles. The van der Waals surface area contributed by atoms with Crippen LogP contribution in [0.1, 0.15) is 11.1 Å². The number of oxime groups is 1. The molecule has 7 nitrogen and oxygen atoms in total. The summed E-state index contributed by atoms with van der Waals surface area (Å²) in [5, 5.41) is 16.3. The van der Waals surface area contributed by atoms with E-state index >= 15 is 0 Å². The number of hydrogen-bond acceptors (Lipinski definition) is 11. The zero-order valence-electron chi connectivity index (χ0n) is 21.5. The Bertz CT molecular complexity index is 1050. The Morgan fingerprint density at radius 3 is 1.66 bits per heavy atom. The average Bonchev–Trinajstić information content (AvgIpc) is 2.85. The molecular weight excluding hydrogens is 812 g/mol. The topological polar surface area (TPSA) is 82.6 Å². The Morgan fingerprint density at radius 2 is 1.32 bits per heavy atom. The molecule has 0 unspecified atom stereocenters. The van der Waals surface area contributed by atoms with Crippen LogP contribution in [0.5, 0.6) is 0 Å². The van der Waals surface area contributed by atoms with Gasteiger partial charge in [-0.3, -0.25) is 4.98 Å². The first-order valence-electron chi connectivity index (χ1n) is 10.7. The SMILES string of the molecule is CO/N=C(/Cc1cccnc1)c1ccc(Cl)cc1Cl.S=C([S-])NCCNC(=S)[S-].S=C([S-])NCCNC(=S)[S-].[Mn+2].[Zn+2]. The number of pyridine rings is 1. The molecule has 0 spiro atoms. The van der Waals surface area contributed by atoms with Crippen molar-refractivity contribution in [1.82, 2.24) is 26.3 Å². The van der Waals surface area contributed by atoms with Crippen molar-refractivity contribution in [2.24, 2.45) is 5.16 Å². The number of nitrogens with one attached hydrogen (secondary N) is 4. The van der Waals surface area contributed by atoms with E-state index in [0.717, 1.165) is 16.8 Å². The van der Waals surface area contributed by atoms with Crippen LogP contribution in [0.4, 0.5) is 0 Å². The summed E-state index contributed by atoms with van der Waals surface area (Å²) in [5.41, 5.74) is 2.57. The van der Waals surface area contributed by atoms with Gasteiger partial charge in [-0.25, -0.2) is 0 Å². The van der Waals surface area contributed by atoms with Crippen molar-refractivity contribution in [2.45, 2.75) is 6.42 Å². The summed E-state index contributed by atoms with van der Waals surface area (Å²) in [6, 6.07) is 9.15. The second kappa shape index (κ2) is 28.8. The van der Waals surface area contributed by atoms with Gasteiger partial charge in [0.05, 0.1) is 10.7 Å². The number of thiocarbonyl (C=S) groups is 4. The van der Waals surface area contributed by atoms with E-state index in [-0.39, 0.29) is 36.5 Å². The predicted octanol–water partition coefficient (Wildman–Crippen LogP) is 3.64. The van der Waals surface area contributed by atoms with Crippen LogP contribution in [-0.2, 0) is 98.3 Å². The van der Waals surface area contributed by atoms with Gasteiger partial charge in [0.2, 0.25) is 0 Å². The molecule has 0 atom stereocenters. The zero-order chi connectivity index (χ0) is 29.6. The molecule has 2 rings (SSSR count). The van der Waals surface area contributed by atoms with Crippen molar-refractivity contribution < 1.29 is 41.4 Å². The summed E-state index contributed by atoms with van der Waals surface area (Å²) in [5.74, 6) is 0. The van der Waals surface area contributed by atoms with E-state index in [4.69, 9.17) is 28.0 Å². The van der Waals surface area contributed by atoms with Crippen molar-refractivity contribution in [2.75, 3.05) is 33.3 Å². The fourth-order valence-electron chi connectivity index (χ4n) is 2.36. The number of nitrogens with zero attached hydrogens (tertiary/aromatic N) is 2. The Morgan fingerprint density at radius 1 is 0.854 bits per heavy atom. The third-order valence-electron chi connectivity index (χ3n) is 3.87. The van der Waals surface area contributed by atoms with E-state index in [2.05, 4.69) is 131 Å². The predicted molar refractivity (Wildman–Crippen MR) is 190 cm³/mol. The second-order valence-electron chi connectivity index (χ2n) is 6.74. The number of aromatic nitrogens is 1. The third-order valence-corrected chi connectivity index (χ3v) is 5.57. The molecule has 0 fully saturated rings. The molecule has 0 aliphatic carbocycles. The molecule has 19 heteroatoms. The van der Waals surface area contributed by atoms with E-state index in [9.17, 15) is 0 Å². The quantitative estimate of drug-likeness (QED) is 0.0703. The average molecular weight is 836 g/mol. The summed E-state index contributed by atoms with van der Waals surface area (Å²) < 4.78 is 1.49. The standard InChI is InChI=1S/C14H12Cl2N2O.2C4H8N2S4.Mn.Zn/c1-19-18-14(7-10-3-2-6-17-9-10)12-5-4-11(15)8-13(12)16;2*7-3(8)5-1-2-6-4(9)10;;/h2-6,8-9H,7H2,1H3;2*1-2H2,(H2,5,7,8)(H2,6,9,10);;/q;;;2*+2/p-4/b18-14-;;;;.